The summed E-state index contributed by atoms with van der Waals surface area (Å²) >= 11 is 0. The molecule has 80 valence electrons. The van der Waals surface area contributed by atoms with Crippen molar-refractivity contribution >= 4 is 11.9 Å². The summed E-state index contributed by atoms with van der Waals surface area (Å²) in [6, 6.07) is 0. The molecule has 0 bridgehead atoms. The van der Waals surface area contributed by atoms with Crippen molar-refractivity contribution in [2.75, 3.05) is 0 Å². The number of carbonyl (C=O) groups is 2. The molecule has 1 fully saturated rings. The minimum absolute atomic E-state index is 0.192. The second-order valence-corrected chi connectivity index (χ2v) is 4.11. The van der Waals surface area contributed by atoms with Gasteiger partial charge in [0.1, 0.15) is 0 Å². The highest BCUT2D eigenvalue weighted by Gasteiger charge is 2.43. The van der Waals surface area contributed by atoms with Gasteiger partial charge in [-0.15, -0.1) is 0 Å². The molecule has 14 heavy (non-hydrogen) atoms. The van der Waals surface area contributed by atoms with E-state index in [-0.39, 0.29) is 23.8 Å². The van der Waals surface area contributed by atoms with Crippen LogP contribution in [0.15, 0.2) is 0 Å². The van der Waals surface area contributed by atoms with Gasteiger partial charge in [-0.3, -0.25) is 9.59 Å². The van der Waals surface area contributed by atoms with Crippen LogP contribution >= 0.6 is 0 Å². The zero-order chi connectivity index (χ0) is 10.7. The van der Waals surface area contributed by atoms with Gasteiger partial charge < -0.3 is 4.74 Å². The second-order valence-electron chi connectivity index (χ2n) is 4.11. The number of ether oxygens (including phenoxy) is 1. The Bertz CT molecular complexity index is 235. The summed E-state index contributed by atoms with van der Waals surface area (Å²) in [5, 5.41) is 0. The van der Waals surface area contributed by atoms with E-state index in [9.17, 15) is 9.59 Å². The molecule has 0 aromatic rings. The number of hydrogen-bond donors (Lipinski definition) is 0. The van der Waals surface area contributed by atoms with Crippen molar-refractivity contribution in [3.05, 3.63) is 0 Å². The Morgan fingerprint density at radius 3 is 2.29 bits per heavy atom. The lowest BCUT2D eigenvalue weighted by Crippen LogP contribution is -2.19. The van der Waals surface area contributed by atoms with Gasteiger partial charge >= 0.3 is 11.9 Å². The average molecular weight is 198 g/mol. The van der Waals surface area contributed by atoms with Gasteiger partial charge in [-0.25, -0.2) is 0 Å². The highest BCUT2D eigenvalue weighted by atomic mass is 16.6. The van der Waals surface area contributed by atoms with Crippen LogP contribution in [0.3, 0.4) is 0 Å². The molecule has 0 radical (unpaired) electrons. The molecule has 3 heteroatoms. The van der Waals surface area contributed by atoms with Crippen molar-refractivity contribution in [3.63, 3.8) is 0 Å². The van der Waals surface area contributed by atoms with E-state index in [0.29, 0.717) is 12.3 Å². The van der Waals surface area contributed by atoms with Crippen molar-refractivity contribution in [1.29, 1.82) is 0 Å². The molecule has 1 rings (SSSR count). The molecule has 0 N–H and O–H groups in total. The molecule has 1 saturated heterocycles. The monoisotopic (exact) mass is 198 g/mol. The number of esters is 2. The van der Waals surface area contributed by atoms with Crippen LogP contribution in [0.5, 0.6) is 0 Å². The number of carbonyl (C=O) groups excluding carboxylic acids is 2. The minimum atomic E-state index is -0.328. The van der Waals surface area contributed by atoms with Crippen LogP contribution in [-0.4, -0.2) is 11.9 Å². The summed E-state index contributed by atoms with van der Waals surface area (Å²) in [5.41, 5.74) is 0. The standard InChI is InChI=1S/C11H18O3/c1-4-7(3)6-9-8(5-2)10(12)14-11(9)13/h7-9H,4-6H2,1-3H3. The third kappa shape index (κ3) is 2.14. The molecule has 0 aromatic carbocycles. The Labute approximate surface area is 84.8 Å². The third-order valence-electron chi connectivity index (χ3n) is 3.09. The van der Waals surface area contributed by atoms with E-state index in [1.807, 2.05) is 6.92 Å². The largest absolute Gasteiger partial charge is 0.393 e. The van der Waals surface area contributed by atoms with E-state index in [4.69, 9.17) is 0 Å². The lowest BCUT2D eigenvalue weighted by atomic mass is 9.84. The van der Waals surface area contributed by atoms with Crippen molar-refractivity contribution in [3.8, 4) is 0 Å². The zero-order valence-electron chi connectivity index (χ0n) is 9.08. The van der Waals surface area contributed by atoms with Crippen LogP contribution in [-0.2, 0) is 14.3 Å². The summed E-state index contributed by atoms with van der Waals surface area (Å²) < 4.78 is 4.64. The molecule has 0 aliphatic carbocycles. The van der Waals surface area contributed by atoms with Crippen LogP contribution in [0, 0.1) is 17.8 Å². The minimum Gasteiger partial charge on any atom is -0.393 e. The predicted molar refractivity (Wildman–Crippen MR) is 52.4 cm³/mol. The highest BCUT2D eigenvalue weighted by Crippen LogP contribution is 2.32. The summed E-state index contributed by atoms with van der Waals surface area (Å²) in [4.78, 5) is 22.6. The lowest BCUT2D eigenvalue weighted by molar-refractivity contribution is -0.153. The van der Waals surface area contributed by atoms with E-state index in [1.165, 1.54) is 0 Å². The predicted octanol–water partition coefficient (Wildman–Crippen LogP) is 2.15. The van der Waals surface area contributed by atoms with Crippen LogP contribution in [0.1, 0.15) is 40.0 Å². The van der Waals surface area contributed by atoms with Gasteiger partial charge in [0.2, 0.25) is 0 Å². The Balaban J connectivity index is 2.65. The maximum Gasteiger partial charge on any atom is 0.317 e. The zero-order valence-corrected chi connectivity index (χ0v) is 9.08. The molecule has 0 saturated carbocycles. The molecule has 1 heterocycles. The summed E-state index contributed by atoms with van der Waals surface area (Å²) in [6.07, 6.45) is 2.51. The first kappa shape index (κ1) is 11.2. The number of hydrogen-bond acceptors (Lipinski definition) is 3. The molecule has 0 spiro atoms. The Hall–Kier alpha value is -0.860. The SMILES string of the molecule is CCC(C)CC1C(=O)OC(=O)C1CC. The van der Waals surface area contributed by atoms with Gasteiger partial charge in [0.05, 0.1) is 11.8 Å². The lowest BCUT2D eigenvalue weighted by Gasteiger charge is -2.15. The van der Waals surface area contributed by atoms with Crippen LogP contribution < -0.4 is 0 Å². The van der Waals surface area contributed by atoms with Gasteiger partial charge in [0.25, 0.3) is 0 Å². The Kier molecular flexibility index (Phi) is 3.67. The highest BCUT2D eigenvalue weighted by molar-refractivity contribution is 5.96. The van der Waals surface area contributed by atoms with Crippen molar-refractivity contribution < 1.29 is 14.3 Å². The molecule has 1 aliphatic heterocycles. The fourth-order valence-corrected chi connectivity index (χ4v) is 1.89. The Morgan fingerprint density at radius 1 is 1.21 bits per heavy atom. The maximum atomic E-state index is 11.4. The molecule has 3 unspecified atom stereocenters. The van der Waals surface area contributed by atoms with Gasteiger partial charge in [0.15, 0.2) is 0 Å². The first-order chi connectivity index (χ1) is 6.60. The average Bonchev–Trinajstić information content (AvgIpc) is 2.41. The quantitative estimate of drug-likeness (QED) is 0.513. The topological polar surface area (TPSA) is 43.4 Å². The normalized spacial score (nSPS) is 29.1. The number of cyclic esters (lactones) is 2. The van der Waals surface area contributed by atoms with E-state index in [0.717, 1.165) is 12.8 Å². The van der Waals surface area contributed by atoms with Crippen LogP contribution in [0.2, 0.25) is 0 Å². The molecule has 0 amide bonds. The van der Waals surface area contributed by atoms with E-state index in [2.05, 4.69) is 18.6 Å². The van der Waals surface area contributed by atoms with E-state index >= 15 is 0 Å². The first-order valence-electron chi connectivity index (χ1n) is 5.35. The van der Waals surface area contributed by atoms with Gasteiger partial charge in [-0.1, -0.05) is 27.2 Å². The fraction of sp³-hybridized carbons (Fsp3) is 0.818. The molecule has 3 atom stereocenters. The summed E-state index contributed by atoms with van der Waals surface area (Å²) in [6.45, 7) is 6.12. The molecule has 3 nitrogen and oxygen atoms in total. The maximum absolute atomic E-state index is 11.4. The second kappa shape index (κ2) is 4.58. The van der Waals surface area contributed by atoms with Crippen molar-refractivity contribution in [2.45, 2.75) is 40.0 Å². The first-order valence-corrected chi connectivity index (χ1v) is 5.35. The molecular formula is C11H18O3. The third-order valence-corrected chi connectivity index (χ3v) is 3.09. The van der Waals surface area contributed by atoms with Crippen molar-refractivity contribution in [1.82, 2.24) is 0 Å². The number of rotatable bonds is 4. The molecule has 0 aromatic heterocycles. The molecular weight excluding hydrogens is 180 g/mol. The smallest absolute Gasteiger partial charge is 0.317 e. The summed E-state index contributed by atoms with van der Waals surface area (Å²) in [5.74, 6) is -0.556. The van der Waals surface area contributed by atoms with Crippen LogP contribution in [0.25, 0.3) is 0 Å². The van der Waals surface area contributed by atoms with E-state index in [1.54, 1.807) is 0 Å². The van der Waals surface area contributed by atoms with Gasteiger partial charge in [-0.05, 0) is 18.8 Å². The molecule has 1 aliphatic rings. The summed E-state index contributed by atoms with van der Waals surface area (Å²) in [7, 11) is 0. The van der Waals surface area contributed by atoms with E-state index < -0.39 is 0 Å². The van der Waals surface area contributed by atoms with Gasteiger partial charge in [0, 0.05) is 0 Å². The van der Waals surface area contributed by atoms with Gasteiger partial charge in [-0.2, -0.15) is 0 Å². The van der Waals surface area contributed by atoms with Crippen LogP contribution in [0.4, 0.5) is 0 Å². The Morgan fingerprint density at radius 2 is 1.79 bits per heavy atom. The fourth-order valence-electron chi connectivity index (χ4n) is 1.89. The van der Waals surface area contributed by atoms with Crippen molar-refractivity contribution in [2.24, 2.45) is 17.8 Å².